The van der Waals surface area contributed by atoms with E-state index in [0.717, 1.165) is 12.3 Å². The molecule has 94 valence electrons. The zero-order valence-corrected chi connectivity index (χ0v) is 11.0. The minimum atomic E-state index is 0.175. The number of rotatable bonds is 7. The Balaban J connectivity index is 2.32. The molecule has 1 atom stereocenters. The van der Waals surface area contributed by atoms with Crippen molar-refractivity contribution >= 4 is 5.91 Å². The van der Waals surface area contributed by atoms with Gasteiger partial charge in [0.2, 0.25) is 5.91 Å². The van der Waals surface area contributed by atoms with Crippen LogP contribution in [0.4, 0.5) is 0 Å². The zero-order valence-electron chi connectivity index (χ0n) is 11.0. The molecule has 0 aliphatic heterocycles. The highest BCUT2D eigenvalue weighted by Gasteiger charge is 2.26. The quantitative estimate of drug-likeness (QED) is 0.698. The van der Waals surface area contributed by atoms with Crippen molar-refractivity contribution in [2.24, 2.45) is 5.92 Å². The van der Waals surface area contributed by atoms with Crippen molar-refractivity contribution in [2.75, 3.05) is 0 Å². The van der Waals surface area contributed by atoms with Gasteiger partial charge in [0.25, 0.3) is 0 Å². The first-order valence-electron chi connectivity index (χ1n) is 6.52. The lowest BCUT2D eigenvalue weighted by Crippen LogP contribution is -2.41. The van der Waals surface area contributed by atoms with Crippen LogP contribution < -0.4 is 10.6 Å². The van der Waals surface area contributed by atoms with Crippen LogP contribution in [-0.4, -0.2) is 24.0 Å². The summed E-state index contributed by atoms with van der Waals surface area (Å²) in [6.45, 7) is 8.29. The third-order valence-corrected chi connectivity index (χ3v) is 2.77. The molecule has 3 nitrogen and oxygen atoms in total. The van der Waals surface area contributed by atoms with Gasteiger partial charge in [-0.3, -0.25) is 4.79 Å². The van der Waals surface area contributed by atoms with E-state index in [1.807, 2.05) is 13.8 Å². The molecular weight excluding hydrogens is 200 g/mol. The lowest BCUT2D eigenvalue weighted by molar-refractivity contribution is -0.122. The normalized spacial score (nSPS) is 17.9. The number of amides is 1. The van der Waals surface area contributed by atoms with Crippen molar-refractivity contribution in [3.63, 3.8) is 0 Å². The first-order chi connectivity index (χ1) is 7.47. The second-order valence-electron chi connectivity index (χ2n) is 5.62. The molecule has 0 spiro atoms. The number of nitrogens with one attached hydrogen (secondary N) is 2. The number of hydrogen-bond acceptors (Lipinski definition) is 2. The molecule has 0 saturated heterocycles. The lowest BCUT2D eigenvalue weighted by atomic mass is 10.1. The molecule has 16 heavy (non-hydrogen) atoms. The third kappa shape index (κ3) is 6.11. The fraction of sp³-hybridized carbons (Fsp3) is 0.923. The van der Waals surface area contributed by atoms with E-state index in [2.05, 4.69) is 24.5 Å². The van der Waals surface area contributed by atoms with Crippen LogP contribution in [0.15, 0.2) is 0 Å². The molecule has 0 bridgehead atoms. The van der Waals surface area contributed by atoms with Gasteiger partial charge in [-0.1, -0.05) is 26.7 Å². The molecule has 1 fully saturated rings. The first kappa shape index (κ1) is 13.5. The van der Waals surface area contributed by atoms with Gasteiger partial charge < -0.3 is 10.6 Å². The monoisotopic (exact) mass is 226 g/mol. The Hall–Kier alpha value is -0.570. The maximum Gasteiger partial charge on any atom is 0.221 e. The van der Waals surface area contributed by atoms with Crippen molar-refractivity contribution in [3.8, 4) is 0 Å². The molecule has 1 amide bonds. The van der Waals surface area contributed by atoms with Gasteiger partial charge in [-0.15, -0.1) is 0 Å². The Morgan fingerprint density at radius 3 is 2.25 bits per heavy atom. The largest absolute Gasteiger partial charge is 0.354 e. The average molecular weight is 226 g/mol. The molecule has 0 aromatic rings. The Kier molecular flexibility index (Phi) is 5.26. The molecule has 0 aromatic heterocycles. The molecule has 0 aromatic carbocycles. The van der Waals surface area contributed by atoms with E-state index in [1.165, 1.54) is 12.8 Å². The average Bonchev–Trinajstić information content (AvgIpc) is 2.84. The van der Waals surface area contributed by atoms with Gasteiger partial charge in [-0.25, -0.2) is 0 Å². The topological polar surface area (TPSA) is 41.1 Å². The summed E-state index contributed by atoms with van der Waals surface area (Å²) in [5.41, 5.74) is 0. The molecule has 1 aliphatic rings. The molecule has 0 radical (unpaired) electrons. The summed E-state index contributed by atoms with van der Waals surface area (Å²) in [7, 11) is 0. The predicted molar refractivity (Wildman–Crippen MR) is 67.3 cm³/mol. The lowest BCUT2D eigenvalue weighted by Gasteiger charge is -2.21. The summed E-state index contributed by atoms with van der Waals surface area (Å²) >= 11 is 0. The van der Waals surface area contributed by atoms with E-state index in [1.54, 1.807) is 0 Å². The molecule has 1 unspecified atom stereocenters. The summed E-state index contributed by atoms with van der Waals surface area (Å²) < 4.78 is 0. The number of carbonyl (C=O) groups excluding carboxylic acids is 1. The van der Waals surface area contributed by atoms with Crippen LogP contribution in [-0.2, 0) is 4.79 Å². The highest BCUT2D eigenvalue weighted by Crippen LogP contribution is 2.34. The van der Waals surface area contributed by atoms with E-state index < -0.39 is 0 Å². The Morgan fingerprint density at radius 1 is 1.19 bits per heavy atom. The van der Waals surface area contributed by atoms with Crippen LogP contribution in [0.2, 0.25) is 0 Å². The fourth-order valence-electron chi connectivity index (χ4n) is 2.04. The number of carbonyl (C=O) groups is 1. The van der Waals surface area contributed by atoms with Crippen molar-refractivity contribution < 1.29 is 4.79 Å². The van der Waals surface area contributed by atoms with Crippen LogP contribution in [0.1, 0.15) is 53.4 Å². The molecule has 1 rings (SSSR count). The van der Waals surface area contributed by atoms with Crippen molar-refractivity contribution in [2.45, 2.75) is 71.5 Å². The fourth-order valence-corrected chi connectivity index (χ4v) is 2.04. The first-order valence-corrected chi connectivity index (χ1v) is 6.52. The number of hydrogen-bond donors (Lipinski definition) is 2. The Bertz CT molecular complexity index is 218. The molecular formula is C13H26N2O. The van der Waals surface area contributed by atoms with Gasteiger partial charge in [0, 0.05) is 24.5 Å². The second-order valence-corrected chi connectivity index (χ2v) is 5.62. The highest BCUT2D eigenvalue weighted by molar-refractivity contribution is 5.76. The van der Waals surface area contributed by atoms with Crippen LogP contribution in [0.5, 0.6) is 0 Å². The molecule has 2 N–H and O–H groups in total. The molecule has 0 heterocycles. The smallest absolute Gasteiger partial charge is 0.221 e. The molecule has 3 heteroatoms. The van der Waals surface area contributed by atoms with E-state index in [9.17, 15) is 4.79 Å². The summed E-state index contributed by atoms with van der Waals surface area (Å²) in [5.74, 6) is 1.04. The van der Waals surface area contributed by atoms with Crippen LogP contribution in [0.3, 0.4) is 0 Å². The maximum absolute atomic E-state index is 11.7. The standard InChI is InChI=1S/C13H26N2O/c1-9(2)14-12(7-11-5-6-11)8-13(16)15-10(3)4/h9-12,14H,5-8H2,1-4H3,(H,15,16). The summed E-state index contributed by atoms with van der Waals surface area (Å²) in [6.07, 6.45) is 4.47. The predicted octanol–water partition coefficient (Wildman–Crippen LogP) is 2.07. The van der Waals surface area contributed by atoms with Crippen LogP contribution in [0, 0.1) is 5.92 Å². The van der Waals surface area contributed by atoms with Crippen LogP contribution in [0.25, 0.3) is 0 Å². The highest BCUT2D eigenvalue weighted by atomic mass is 16.1. The molecule has 1 aliphatic carbocycles. The van der Waals surface area contributed by atoms with E-state index in [0.29, 0.717) is 18.5 Å². The summed E-state index contributed by atoms with van der Waals surface area (Å²) in [5, 5.41) is 6.46. The van der Waals surface area contributed by atoms with Crippen molar-refractivity contribution in [3.05, 3.63) is 0 Å². The van der Waals surface area contributed by atoms with Gasteiger partial charge in [-0.05, 0) is 26.2 Å². The van der Waals surface area contributed by atoms with Crippen molar-refractivity contribution in [1.82, 2.24) is 10.6 Å². The minimum Gasteiger partial charge on any atom is -0.354 e. The second kappa shape index (κ2) is 6.24. The van der Waals surface area contributed by atoms with Gasteiger partial charge in [0.15, 0.2) is 0 Å². The maximum atomic E-state index is 11.7. The van der Waals surface area contributed by atoms with Gasteiger partial charge >= 0.3 is 0 Å². The van der Waals surface area contributed by atoms with Gasteiger partial charge in [0.05, 0.1) is 0 Å². The Morgan fingerprint density at radius 2 is 1.81 bits per heavy atom. The summed E-state index contributed by atoms with van der Waals surface area (Å²) in [4.78, 5) is 11.7. The van der Waals surface area contributed by atoms with Gasteiger partial charge in [0.1, 0.15) is 0 Å². The molecule has 1 saturated carbocycles. The van der Waals surface area contributed by atoms with E-state index in [-0.39, 0.29) is 11.9 Å². The Labute approximate surface area is 99.4 Å². The van der Waals surface area contributed by atoms with E-state index in [4.69, 9.17) is 0 Å². The van der Waals surface area contributed by atoms with Crippen LogP contribution >= 0.6 is 0 Å². The minimum absolute atomic E-state index is 0.175. The van der Waals surface area contributed by atoms with Gasteiger partial charge in [-0.2, -0.15) is 0 Å². The van der Waals surface area contributed by atoms with E-state index >= 15 is 0 Å². The SMILES string of the molecule is CC(C)NC(=O)CC(CC1CC1)NC(C)C. The van der Waals surface area contributed by atoms with Crippen molar-refractivity contribution in [1.29, 1.82) is 0 Å². The zero-order chi connectivity index (χ0) is 12.1. The third-order valence-electron chi connectivity index (χ3n) is 2.77. The summed E-state index contributed by atoms with van der Waals surface area (Å²) in [6, 6.07) is 1.05.